The summed E-state index contributed by atoms with van der Waals surface area (Å²) in [5, 5.41) is 12.6. The molecule has 0 saturated carbocycles. The predicted octanol–water partition coefficient (Wildman–Crippen LogP) is 2.44. The number of nitrogens with one attached hydrogen (secondary N) is 1. The van der Waals surface area contributed by atoms with E-state index in [1.165, 1.54) is 0 Å². The van der Waals surface area contributed by atoms with E-state index < -0.39 is 0 Å². The SMILES string of the molecule is N#Cc1nc(C2CCCNC2)n2cccc(Br)c12. The first-order valence-electron chi connectivity index (χ1n) is 6.08. The fourth-order valence-corrected chi connectivity index (χ4v) is 3.09. The zero-order chi connectivity index (χ0) is 12.5. The number of hydrogen-bond donors (Lipinski definition) is 1. The van der Waals surface area contributed by atoms with E-state index in [1.54, 1.807) is 0 Å². The van der Waals surface area contributed by atoms with Crippen LogP contribution in [0.1, 0.15) is 30.3 Å². The maximum Gasteiger partial charge on any atom is 0.167 e. The third kappa shape index (κ3) is 1.82. The summed E-state index contributed by atoms with van der Waals surface area (Å²) in [4.78, 5) is 4.52. The van der Waals surface area contributed by atoms with Gasteiger partial charge in [-0.25, -0.2) is 4.98 Å². The lowest BCUT2D eigenvalue weighted by atomic mass is 9.99. The van der Waals surface area contributed by atoms with Crippen LogP contribution in [-0.2, 0) is 0 Å². The molecule has 0 amide bonds. The van der Waals surface area contributed by atoms with Gasteiger partial charge >= 0.3 is 0 Å². The minimum atomic E-state index is 0.391. The third-order valence-corrected chi connectivity index (χ3v) is 4.05. The molecule has 18 heavy (non-hydrogen) atoms. The molecule has 0 spiro atoms. The standard InChI is InChI=1S/C13H13BrN4/c14-10-4-2-6-18-12(10)11(7-15)17-13(18)9-3-1-5-16-8-9/h2,4,6,9,16H,1,3,5,8H2. The Morgan fingerprint density at radius 1 is 1.56 bits per heavy atom. The highest BCUT2D eigenvalue weighted by atomic mass is 79.9. The van der Waals surface area contributed by atoms with Crippen molar-refractivity contribution >= 4 is 21.4 Å². The monoisotopic (exact) mass is 304 g/mol. The number of fused-ring (bicyclic) bond motifs is 1. The van der Waals surface area contributed by atoms with Crippen molar-refractivity contribution < 1.29 is 0 Å². The topological polar surface area (TPSA) is 53.1 Å². The molecule has 3 rings (SSSR count). The summed E-state index contributed by atoms with van der Waals surface area (Å²) >= 11 is 3.50. The molecule has 3 heterocycles. The predicted molar refractivity (Wildman–Crippen MR) is 72.5 cm³/mol. The second-order valence-corrected chi connectivity index (χ2v) is 5.40. The molecule has 92 valence electrons. The molecule has 1 atom stereocenters. The van der Waals surface area contributed by atoms with Crippen molar-refractivity contribution in [3.8, 4) is 6.07 Å². The van der Waals surface area contributed by atoms with Crippen LogP contribution in [0.5, 0.6) is 0 Å². The summed E-state index contributed by atoms with van der Waals surface area (Å²) in [5.74, 6) is 1.39. The summed E-state index contributed by atoms with van der Waals surface area (Å²) in [5.41, 5.74) is 1.38. The number of halogens is 1. The van der Waals surface area contributed by atoms with Crippen LogP contribution < -0.4 is 5.32 Å². The summed E-state index contributed by atoms with van der Waals surface area (Å²) < 4.78 is 2.96. The molecule has 2 aromatic rings. The third-order valence-electron chi connectivity index (χ3n) is 3.41. The molecule has 0 aromatic carbocycles. The molecule has 2 aromatic heterocycles. The van der Waals surface area contributed by atoms with Gasteiger partial charge in [-0.15, -0.1) is 0 Å². The Labute approximate surface area is 114 Å². The molecule has 1 aliphatic heterocycles. The van der Waals surface area contributed by atoms with Gasteiger partial charge in [-0.1, -0.05) is 0 Å². The second kappa shape index (κ2) is 4.71. The molecule has 1 saturated heterocycles. The Bertz CT molecular complexity index is 620. The normalized spacial score (nSPS) is 19.9. The van der Waals surface area contributed by atoms with E-state index in [9.17, 15) is 5.26 Å². The summed E-state index contributed by atoms with van der Waals surface area (Å²) in [6.07, 6.45) is 4.27. The number of imidazole rings is 1. The molecule has 4 nitrogen and oxygen atoms in total. The highest BCUT2D eigenvalue weighted by Crippen LogP contribution is 2.28. The number of aromatic nitrogens is 2. The summed E-state index contributed by atoms with van der Waals surface area (Å²) in [6.45, 7) is 2.02. The van der Waals surface area contributed by atoms with Gasteiger partial charge in [-0.3, -0.25) is 0 Å². The molecular formula is C13H13BrN4. The van der Waals surface area contributed by atoms with E-state index in [0.717, 1.165) is 41.7 Å². The van der Waals surface area contributed by atoms with Crippen LogP contribution in [0.4, 0.5) is 0 Å². The van der Waals surface area contributed by atoms with Crippen LogP contribution in [0, 0.1) is 11.3 Å². The number of nitriles is 1. The Morgan fingerprint density at radius 2 is 2.44 bits per heavy atom. The van der Waals surface area contributed by atoms with Crippen LogP contribution in [0.3, 0.4) is 0 Å². The first-order valence-corrected chi connectivity index (χ1v) is 6.88. The molecule has 0 radical (unpaired) electrons. The minimum Gasteiger partial charge on any atom is -0.316 e. The molecule has 1 N–H and O–H groups in total. The van der Waals surface area contributed by atoms with E-state index in [1.807, 2.05) is 22.7 Å². The van der Waals surface area contributed by atoms with Crippen LogP contribution in [0.15, 0.2) is 22.8 Å². The van der Waals surface area contributed by atoms with Gasteiger partial charge < -0.3 is 9.72 Å². The number of nitrogens with zero attached hydrogens (tertiary/aromatic N) is 3. The van der Waals surface area contributed by atoms with Crippen molar-refractivity contribution in [1.82, 2.24) is 14.7 Å². The highest BCUT2D eigenvalue weighted by Gasteiger charge is 2.22. The Balaban J connectivity index is 2.18. The number of rotatable bonds is 1. The van der Waals surface area contributed by atoms with E-state index in [2.05, 4.69) is 32.3 Å². The summed E-state index contributed by atoms with van der Waals surface area (Å²) in [7, 11) is 0. The Kier molecular flexibility index (Phi) is 3.06. The van der Waals surface area contributed by atoms with E-state index in [0.29, 0.717) is 11.6 Å². The number of piperidine rings is 1. The van der Waals surface area contributed by atoms with Crippen LogP contribution in [0.2, 0.25) is 0 Å². The molecular weight excluding hydrogens is 292 g/mol. The van der Waals surface area contributed by atoms with Gasteiger partial charge in [0.25, 0.3) is 0 Å². The smallest absolute Gasteiger partial charge is 0.167 e. The number of pyridine rings is 1. The zero-order valence-electron chi connectivity index (χ0n) is 9.86. The molecule has 1 fully saturated rings. The fourth-order valence-electron chi connectivity index (χ4n) is 2.56. The average Bonchev–Trinajstić information content (AvgIpc) is 2.80. The van der Waals surface area contributed by atoms with E-state index >= 15 is 0 Å². The number of hydrogen-bond acceptors (Lipinski definition) is 3. The van der Waals surface area contributed by atoms with Gasteiger partial charge in [0.15, 0.2) is 5.69 Å². The fraction of sp³-hybridized carbons (Fsp3) is 0.385. The minimum absolute atomic E-state index is 0.391. The van der Waals surface area contributed by atoms with Crippen LogP contribution >= 0.6 is 15.9 Å². The largest absolute Gasteiger partial charge is 0.316 e. The van der Waals surface area contributed by atoms with E-state index in [-0.39, 0.29) is 0 Å². The Hall–Kier alpha value is -1.38. The van der Waals surface area contributed by atoms with Gasteiger partial charge in [0.05, 0.1) is 5.52 Å². The Morgan fingerprint density at radius 3 is 3.17 bits per heavy atom. The maximum atomic E-state index is 9.21. The molecule has 1 unspecified atom stereocenters. The molecule has 0 aliphatic carbocycles. The van der Waals surface area contributed by atoms with Crippen LogP contribution in [-0.4, -0.2) is 22.5 Å². The van der Waals surface area contributed by atoms with Crippen molar-refractivity contribution in [2.45, 2.75) is 18.8 Å². The molecule has 0 bridgehead atoms. The van der Waals surface area contributed by atoms with Crippen molar-refractivity contribution in [2.24, 2.45) is 0 Å². The van der Waals surface area contributed by atoms with Gasteiger partial charge in [0.2, 0.25) is 0 Å². The lowest BCUT2D eigenvalue weighted by molar-refractivity contribution is 0.445. The lowest BCUT2D eigenvalue weighted by Gasteiger charge is -2.21. The van der Waals surface area contributed by atoms with E-state index in [4.69, 9.17) is 0 Å². The van der Waals surface area contributed by atoms with Crippen LogP contribution in [0.25, 0.3) is 5.52 Å². The van der Waals surface area contributed by atoms with Gasteiger partial charge in [0, 0.05) is 23.1 Å². The first kappa shape index (κ1) is 11.7. The van der Waals surface area contributed by atoms with Gasteiger partial charge in [-0.05, 0) is 47.4 Å². The summed E-state index contributed by atoms with van der Waals surface area (Å²) in [6, 6.07) is 6.11. The maximum absolute atomic E-state index is 9.21. The lowest BCUT2D eigenvalue weighted by Crippen LogP contribution is -2.29. The highest BCUT2D eigenvalue weighted by molar-refractivity contribution is 9.10. The van der Waals surface area contributed by atoms with Crippen molar-refractivity contribution in [1.29, 1.82) is 5.26 Å². The first-order chi connectivity index (χ1) is 8.81. The zero-order valence-corrected chi connectivity index (χ0v) is 11.4. The van der Waals surface area contributed by atoms with Crippen molar-refractivity contribution in [3.05, 3.63) is 34.3 Å². The van der Waals surface area contributed by atoms with Crippen molar-refractivity contribution in [3.63, 3.8) is 0 Å². The second-order valence-electron chi connectivity index (χ2n) is 4.55. The van der Waals surface area contributed by atoms with Gasteiger partial charge in [-0.2, -0.15) is 5.26 Å². The van der Waals surface area contributed by atoms with Gasteiger partial charge in [0.1, 0.15) is 11.9 Å². The molecule has 1 aliphatic rings. The molecule has 5 heteroatoms. The van der Waals surface area contributed by atoms with Crippen molar-refractivity contribution in [2.75, 3.05) is 13.1 Å². The quantitative estimate of drug-likeness (QED) is 0.880. The average molecular weight is 305 g/mol.